The van der Waals surface area contributed by atoms with Crippen molar-refractivity contribution in [2.75, 3.05) is 5.32 Å². The average Bonchev–Trinajstić information content (AvgIpc) is 2.60. The van der Waals surface area contributed by atoms with Crippen LogP contribution < -0.4 is 5.32 Å². The number of rotatable bonds is 4. The fourth-order valence-corrected chi connectivity index (χ4v) is 2.52. The van der Waals surface area contributed by atoms with Crippen LogP contribution in [-0.4, -0.2) is 16.1 Å². The smallest absolute Gasteiger partial charge is 0.411 e. The van der Waals surface area contributed by atoms with E-state index in [4.69, 9.17) is 16.3 Å². The van der Waals surface area contributed by atoms with Crippen LogP contribution in [-0.2, 0) is 11.3 Å². The Morgan fingerprint density at radius 1 is 1.20 bits per heavy atom. The third kappa shape index (κ3) is 4.00. The van der Waals surface area contributed by atoms with E-state index >= 15 is 0 Å². The monoisotopic (exact) mass is 364 g/mol. The minimum absolute atomic E-state index is 0.0125. The Labute approximate surface area is 149 Å². The van der Waals surface area contributed by atoms with Gasteiger partial charge >= 0.3 is 6.09 Å². The van der Waals surface area contributed by atoms with E-state index in [1.807, 2.05) is 0 Å². The van der Waals surface area contributed by atoms with Gasteiger partial charge in [0, 0.05) is 12.1 Å². The third-order valence-electron chi connectivity index (χ3n) is 3.95. The fraction of sp³-hybridized carbons (Fsp3) is 0.235. The Morgan fingerprint density at radius 2 is 1.80 bits per heavy atom. The van der Waals surface area contributed by atoms with Crippen molar-refractivity contribution in [3.63, 3.8) is 0 Å². The number of halogens is 1. The summed E-state index contributed by atoms with van der Waals surface area (Å²) in [6.07, 6.45) is -0.689. The molecule has 0 unspecified atom stereocenters. The zero-order chi connectivity index (χ0) is 18.7. The number of hydrogen-bond acceptors (Lipinski definition) is 5. The van der Waals surface area contributed by atoms with Gasteiger partial charge in [0.2, 0.25) is 0 Å². The molecule has 0 heterocycles. The second-order valence-corrected chi connectivity index (χ2v) is 5.92. The van der Waals surface area contributed by atoms with Crippen molar-refractivity contribution in [1.29, 1.82) is 0 Å². The first-order chi connectivity index (χ1) is 11.7. The van der Waals surface area contributed by atoms with E-state index in [9.17, 15) is 20.0 Å². The summed E-state index contributed by atoms with van der Waals surface area (Å²) < 4.78 is 5.13. The number of nitro groups is 1. The van der Waals surface area contributed by atoms with E-state index in [-0.39, 0.29) is 23.1 Å². The van der Waals surface area contributed by atoms with Crippen LogP contribution in [0.3, 0.4) is 0 Å². The second-order valence-electron chi connectivity index (χ2n) is 5.54. The predicted molar refractivity (Wildman–Crippen MR) is 94.2 cm³/mol. The minimum Gasteiger partial charge on any atom is -0.506 e. The Balaban J connectivity index is 2.07. The number of carbonyl (C=O) groups excluding carboxylic acids is 1. The van der Waals surface area contributed by atoms with E-state index in [1.54, 1.807) is 20.8 Å². The van der Waals surface area contributed by atoms with E-state index in [2.05, 4.69) is 5.32 Å². The summed E-state index contributed by atoms with van der Waals surface area (Å²) in [5.74, 6) is -0.0125. The largest absolute Gasteiger partial charge is 0.506 e. The van der Waals surface area contributed by atoms with Crippen LogP contribution in [0.15, 0.2) is 24.3 Å². The fourth-order valence-electron chi connectivity index (χ4n) is 2.29. The lowest BCUT2D eigenvalue weighted by Crippen LogP contribution is -2.15. The van der Waals surface area contributed by atoms with Crippen LogP contribution in [0.1, 0.15) is 22.3 Å². The molecule has 0 atom stereocenters. The van der Waals surface area contributed by atoms with Crippen LogP contribution in [0.25, 0.3) is 0 Å². The van der Waals surface area contributed by atoms with Crippen LogP contribution in [0.2, 0.25) is 5.02 Å². The van der Waals surface area contributed by atoms with Gasteiger partial charge in [0.05, 0.1) is 15.6 Å². The topological polar surface area (TPSA) is 102 Å². The lowest BCUT2D eigenvalue weighted by atomic mass is 10.0. The highest BCUT2D eigenvalue weighted by Crippen LogP contribution is 2.38. The summed E-state index contributed by atoms with van der Waals surface area (Å²) >= 11 is 6.06. The highest BCUT2D eigenvalue weighted by atomic mass is 35.5. The maximum absolute atomic E-state index is 12.0. The van der Waals surface area contributed by atoms with Gasteiger partial charge in [-0.3, -0.25) is 15.4 Å². The maximum Gasteiger partial charge on any atom is 0.411 e. The minimum atomic E-state index is -0.689. The number of phenols is 1. The zero-order valence-electron chi connectivity index (χ0n) is 13.9. The first-order valence-corrected chi connectivity index (χ1v) is 7.75. The molecule has 0 saturated carbocycles. The molecule has 7 nitrogen and oxygen atoms in total. The standard InChI is InChI=1S/C17H17ClN2O5/c1-9-10(2)16(21)14(18)11(3)15(9)19-17(22)25-8-12-4-6-13(7-5-12)20(23)24/h4-7,21H,8H2,1-3H3,(H,19,22). The van der Waals surface area contributed by atoms with Gasteiger partial charge in [-0.2, -0.15) is 0 Å². The molecule has 8 heteroatoms. The van der Waals surface area contributed by atoms with Crippen molar-refractivity contribution in [3.8, 4) is 5.75 Å². The molecule has 2 rings (SSSR count). The zero-order valence-corrected chi connectivity index (χ0v) is 14.7. The molecule has 2 N–H and O–H groups in total. The van der Waals surface area contributed by atoms with Gasteiger partial charge < -0.3 is 9.84 Å². The van der Waals surface area contributed by atoms with Gasteiger partial charge in [0.1, 0.15) is 12.4 Å². The molecule has 0 aliphatic heterocycles. The van der Waals surface area contributed by atoms with Crippen molar-refractivity contribution >= 4 is 29.1 Å². The van der Waals surface area contributed by atoms with Crippen molar-refractivity contribution < 1.29 is 19.6 Å². The summed E-state index contributed by atoms with van der Waals surface area (Å²) in [6.45, 7) is 5.10. The van der Waals surface area contributed by atoms with Crippen LogP contribution >= 0.6 is 11.6 Å². The van der Waals surface area contributed by atoms with E-state index in [0.29, 0.717) is 27.9 Å². The molecule has 0 aliphatic carbocycles. The molecule has 2 aromatic carbocycles. The van der Waals surface area contributed by atoms with Gasteiger partial charge in [0.25, 0.3) is 5.69 Å². The third-order valence-corrected chi connectivity index (χ3v) is 4.41. The average molecular weight is 365 g/mol. The number of nitro benzene ring substituents is 1. The summed E-state index contributed by atoms with van der Waals surface area (Å²) in [5.41, 5.74) is 2.86. The van der Waals surface area contributed by atoms with E-state index in [1.165, 1.54) is 24.3 Å². The van der Waals surface area contributed by atoms with Gasteiger partial charge in [-0.15, -0.1) is 0 Å². The molecule has 25 heavy (non-hydrogen) atoms. The number of carbonyl (C=O) groups is 1. The highest BCUT2D eigenvalue weighted by molar-refractivity contribution is 6.33. The Hall–Kier alpha value is -2.80. The number of nitrogens with zero attached hydrogens (tertiary/aromatic N) is 1. The van der Waals surface area contributed by atoms with Crippen molar-refractivity contribution in [2.24, 2.45) is 0 Å². The molecular weight excluding hydrogens is 348 g/mol. The number of aromatic hydroxyl groups is 1. The second kappa shape index (κ2) is 7.40. The number of nitrogens with one attached hydrogen (secondary N) is 1. The van der Waals surface area contributed by atoms with Crippen molar-refractivity contribution in [3.05, 3.63) is 61.7 Å². The lowest BCUT2D eigenvalue weighted by Gasteiger charge is -2.17. The van der Waals surface area contributed by atoms with Crippen LogP contribution in [0, 0.1) is 30.9 Å². The summed E-state index contributed by atoms with van der Waals surface area (Å²) in [6, 6.07) is 5.72. The first kappa shape index (κ1) is 18.5. The molecule has 2 aromatic rings. The van der Waals surface area contributed by atoms with E-state index in [0.717, 1.165) is 0 Å². The molecule has 0 aromatic heterocycles. The number of benzene rings is 2. The Kier molecular flexibility index (Phi) is 5.48. The van der Waals surface area contributed by atoms with Gasteiger partial charge in [-0.1, -0.05) is 11.6 Å². The lowest BCUT2D eigenvalue weighted by molar-refractivity contribution is -0.384. The molecule has 0 saturated heterocycles. The molecule has 0 radical (unpaired) electrons. The van der Waals surface area contributed by atoms with Crippen LogP contribution in [0.4, 0.5) is 16.2 Å². The van der Waals surface area contributed by atoms with Crippen molar-refractivity contribution in [2.45, 2.75) is 27.4 Å². The summed E-state index contributed by atoms with van der Waals surface area (Å²) in [5, 5.41) is 23.3. The SMILES string of the molecule is Cc1c(C)c(NC(=O)OCc2ccc([N+](=O)[O-])cc2)c(C)c(Cl)c1O. The number of amides is 1. The molecule has 0 spiro atoms. The summed E-state index contributed by atoms with van der Waals surface area (Å²) in [7, 11) is 0. The number of phenolic OH excluding ortho intramolecular Hbond substituents is 1. The number of ether oxygens (including phenoxy) is 1. The molecular formula is C17H17ClN2O5. The molecule has 0 fully saturated rings. The quantitative estimate of drug-likeness (QED) is 0.468. The highest BCUT2D eigenvalue weighted by Gasteiger charge is 2.17. The predicted octanol–water partition coefficient (Wildman–Crippen LogP) is 4.63. The van der Waals surface area contributed by atoms with Gasteiger partial charge in [-0.25, -0.2) is 4.79 Å². The molecule has 0 bridgehead atoms. The Bertz CT molecular complexity index is 805. The van der Waals surface area contributed by atoms with Crippen molar-refractivity contribution in [1.82, 2.24) is 0 Å². The number of hydrogen-bond donors (Lipinski definition) is 2. The van der Waals surface area contributed by atoms with Gasteiger partial charge in [0.15, 0.2) is 0 Å². The molecule has 132 valence electrons. The van der Waals surface area contributed by atoms with E-state index < -0.39 is 11.0 Å². The maximum atomic E-state index is 12.0. The molecule has 0 aliphatic rings. The molecule has 1 amide bonds. The Morgan fingerprint density at radius 3 is 2.36 bits per heavy atom. The van der Waals surface area contributed by atoms with Crippen LogP contribution in [0.5, 0.6) is 5.75 Å². The summed E-state index contributed by atoms with van der Waals surface area (Å²) in [4.78, 5) is 22.1. The number of anilines is 1. The normalized spacial score (nSPS) is 10.4. The number of non-ortho nitro benzene ring substituents is 1. The van der Waals surface area contributed by atoms with Gasteiger partial charge in [-0.05, 0) is 55.2 Å². The first-order valence-electron chi connectivity index (χ1n) is 7.37.